The van der Waals surface area contributed by atoms with Crippen LogP contribution in [0.15, 0.2) is 41.9 Å². The molecule has 3 heterocycles. The highest BCUT2D eigenvalue weighted by molar-refractivity contribution is 7.09. The first kappa shape index (κ1) is 51.2. The number of likely N-dealkylation sites (tertiary alicyclic amines) is 1. The maximum atomic E-state index is 14.6. The number of rotatable bonds is 24. The number of thiazole rings is 1. The first-order valence-corrected chi connectivity index (χ1v) is 23.8. The van der Waals surface area contributed by atoms with Crippen LogP contribution in [-0.4, -0.2) is 159 Å². The Hall–Kier alpha value is -3.47. The van der Waals surface area contributed by atoms with E-state index in [0.717, 1.165) is 62.7 Å². The molecule has 1 aromatic carbocycles. The number of benzene rings is 1. The third-order valence-corrected chi connectivity index (χ3v) is 14.1. The van der Waals surface area contributed by atoms with E-state index in [1.807, 2.05) is 82.3 Å². The molecule has 0 radical (unpaired) electrons. The van der Waals surface area contributed by atoms with Crippen molar-refractivity contribution in [1.82, 2.24) is 40.5 Å². The number of carbonyl (C=O) groups is 4. The van der Waals surface area contributed by atoms with Crippen LogP contribution in [0.4, 0.5) is 0 Å². The van der Waals surface area contributed by atoms with Crippen LogP contribution < -0.4 is 16.0 Å². The zero-order chi connectivity index (χ0) is 45.5. The number of likely N-dealkylation sites (N-methyl/N-ethyl adjacent to an activating group) is 2. The third kappa shape index (κ3) is 13.8. The molecule has 0 bridgehead atoms. The predicted molar refractivity (Wildman–Crippen MR) is 247 cm³/mol. The Labute approximate surface area is 376 Å². The molecule has 2 aliphatic rings. The van der Waals surface area contributed by atoms with Crippen LogP contribution in [0, 0.1) is 23.7 Å². The summed E-state index contributed by atoms with van der Waals surface area (Å²) in [6.07, 6.45) is 3.47. The van der Waals surface area contributed by atoms with Gasteiger partial charge in [0.25, 0.3) is 0 Å². The molecule has 15 heteroatoms. The third-order valence-electron chi connectivity index (χ3n) is 13.2. The van der Waals surface area contributed by atoms with Gasteiger partial charge in [-0.15, -0.1) is 11.3 Å². The summed E-state index contributed by atoms with van der Waals surface area (Å²) in [6.45, 7) is 20.1. The maximum Gasteiger partial charge on any atom is 0.245 e. The summed E-state index contributed by atoms with van der Waals surface area (Å²) in [7, 11) is 6.96. The summed E-state index contributed by atoms with van der Waals surface area (Å²) in [5.41, 5.74) is 1.09. The highest BCUT2D eigenvalue weighted by atomic mass is 32.1. The minimum atomic E-state index is -0.768. The second-order valence-electron chi connectivity index (χ2n) is 18.2. The van der Waals surface area contributed by atoms with Gasteiger partial charge in [0.1, 0.15) is 11.0 Å². The predicted octanol–water partition coefficient (Wildman–Crippen LogP) is 4.47. The molecule has 2 aromatic rings. The van der Waals surface area contributed by atoms with Gasteiger partial charge in [-0.1, -0.05) is 85.2 Å². The average Bonchev–Trinajstić information content (AvgIpc) is 3.99. The number of aromatic nitrogens is 1. The maximum absolute atomic E-state index is 14.6. The molecular formula is C47H78N8O6S. The van der Waals surface area contributed by atoms with E-state index in [-0.39, 0.29) is 59.9 Å². The number of hydrogen-bond donors (Lipinski definition) is 3. The van der Waals surface area contributed by atoms with Gasteiger partial charge in [-0.25, -0.2) is 4.98 Å². The second kappa shape index (κ2) is 25.1. The van der Waals surface area contributed by atoms with E-state index in [0.29, 0.717) is 19.4 Å². The molecule has 348 valence electrons. The van der Waals surface area contributed by atoms with Gasteiger partial charge in [-0.05, 0) is 49.6 Å². The van der Waals surface area contributed by atoms with Crippen molar-refractivity contribution in [2.75, 3.05) is 74.1 Å². The summed E-state index contributed by atoms with van der Waals surface area (Å²) in [5.74, 6) is -1.36. The molecule has 0 spiro atoms. The molecule has 4 rings (SSSR count). The molecule has 2 fully saturated rings. The summed E-state index contributed by atoms with van der Waals surface area (Å²) in [5, 5.41) is 12.5. The van der Waals surface area contributed by atoms with Gasteiger partial charge < -0.3 is 35.2 Å². The van der Waals surface area contributed by atoms with Gasteiger partial charge in [0.05, 0.1) is 48.7 Å². The fourth-order valence-electron chi connectivity index (χ4n) is 9.42. The fourth-order valence-corrected chi connectivity index (χ4v) is 10.1. The Bertz CT molecular complexity index is 1660. The van der Waals surface area contributed by atoms with Gasteiger partial charge in [0.15, 0.2) is 0 Å². The average molecular weight is 883 g/mol. The second-order valence-corrected chi connectivity index (χ2v) is 19.1. The van der Waals surface area contributed by atoms with Crippen LogP contribution in [0.25, 0.3) is 0 Å². The van der Waals surface area contributed by atoms with E-state index in [1.165, 1.54) is 11.3 Å². The lowest BCUT2D eigenvalue weighted by atomic mass is 9.89. The molecule has 2 aliphatic heterocycles. The van der Waals surface area contributed by atoms with Crippen LogP contribution in [0.5, 0.6) is 0 Å². The summed E-state index contributed by atoms with van der Waals surface area (Å²) in [4.78, 5) is 69.7. The van der Waals surface area contributed by atoms with Crippen molar-refractivity contribution in [3.63, 3.8) is 0 Å². The van der Waals surface area contributed by atoms with E-state index in [9.17, 15) is 19.2 Å². The monoisotopic (exact) mass is 883 g/mol. The normalized spacial score (nSPS) is 20.0. The van der Waals surface area contributed by atoms with Gasteiger partial charge in [-0.3, -0.25) is 29.0 Å². The van der Waals surface area contributed by atoms with Crippen molar-refractivity contribution in [3.05, 3.63) is 52.5 Å². The van der Waals surface area contributed by atoms with Crippen molar-refractivity contribution in [3.8, 4) is 0 Å². The smallest absolute Gasteiger partial charge is 0.245 e. The molecule has 9 atom stereocenters. The summed E-state index contributed by atoms with van der Waals surface area (Å²) < 4.78 is 12.2. The number of amides is 4. The zero-order valence-electron chi connectivity index (χ0n) is 39.5. The number of nitrogens with zero attached hydrogens (tertiary/aromatic N) is 5. The zero-order valence-corrected chi connectivity index (χ0v) is 40.3. The Morgan fingerprint density at radius 3 is 2.21 bits per heavy atom. The lowest BCUT2D eigenvalue weighted by molar-refractivity contribution is -0.148. The van der Waals surface area contributed by atoms with Crippen molar-refractivity contribution in [1.29, 1.82) is 0 Å². The molecule has 1 aromatic heterocycles. The Balaban J connectivity index is 1.46. The Morgan fingerprint density at radius 1 is 0.935 bits per heavy atom. The van der Waals surface area contributed by atoms with Gasteiger partial charge in [0, 0.05) is 78.7 Å². The van der Waals surface area contributed by atoms with Crippen LogP contribution >= 0.6 is 11.3 Å². The van der Waals surface area contributed by atoms with E-state index < -0.39 is 36.3 Å². The lowest BCUT2D eigenvalue weighted by Gasteiger charge is -2.41. The van der Waals surface area contributed by atoms with E-state index in [1.54, 1.807) is 32.4 Å². The van der Waals surface area contributed by atoms with E-state index >= 15 is 0 Å². The number of hydrogen-bond acceptors (Lipinski definition) is 11. The van der Waals surface area contributed by atoms with Crippen molar-refractivity contribution in [2.24, 2.45) is 23.7 Å². The Kier molecular flexibility index (Phi) is 20.7. The van der Waals surface area contributed by atoms with E-state index in [4.69, 9.17) is 9.47 Å². The number of carbonyl (C=O) groups excluding carboxylic acids is 4. The molecular weight excluding hydrogens is 805 g/mol. The van der Waals surface area contributed by atoms with Crippen LogP contribution in [0.2, 0.25) is 0 Å². The number of ether oxygens (including phenoxy) is 2. The minimum absolute atomic E-state index is 0.0174. The number of nitrogens with one attached hydrogen (secondary N) is 3. The summed E-state index contributed by atoms with van der Waals surface area (Å²) >= 11 is 1.51. The summed E-state index contributed by atoms with van der Waals surface area (Å²) in [6, 6.07) is 7.80. The Morgan fingerprint density at radius 2 is 1.63 bits per heavy atom. The number of methoxy groups -OCH3 is 2. The topological polar surface area (TPSA) is 149 Å². The number of piperazine rings is 1. The van der Waals surface area contributed by atoms with Gasteiger partial charge in [-0.2, -0.15) is 0 Å². The first-order chi connectivity index (χ1) is 29.6. The molecule has 3 N–H and O–H groups in total. The largest absolute Gasteiger partial charge is 0.379 e. The highest BCUT2D eigenvalue weighted by Gasteiger charge is 2.43. The lowest BCUT2D eigenvalue weighted by Crippen LogP contribution is -2.60. The highest BCUT2D eigenvalue weighted by Crippen LogP contribution is 2.31. The molecule has 62 heavy (non-hydrogen) atoms. The quantitative estimate of drug-likeness (QED) is 0.138. The standard InChI is InChI=1S/C47H78N8O6S/c1-12-33(6)42(53(9)47(59)40(31(2)3)51-45(58)41(32(4)5)52(8)26-27-54-24-20-48-21-25-54)38(60-10)30-39(56)55-23-16-19-37(55)43(61-11)34(7)44(57)50-36(46-49-22-28-62-46)29-35-17-14-13-15-18-35/h13-15,17-18,22,28,31-34,36-38,40-43,48H,12,16,19-21,23-27,29-30H2,1-11H3,(H,50,57)(H,51,58). The molecule has 0 saturated carbocycles. The fraction of sp³-hybridized carbons (Fsp3) is 0.723. The molecule has 14 nitrogen and oxygen atoms in total. The first-order valence-electron chi connectivity index (χ1n) is 22.9. The minimum Gasteiger partial charge on any atom is -0.379 e. The van der Waals surface area contributed by atoms with Crippen molar-refractivity contribution >= 4 is 35.0 Å². The van der Waals surface area contributed by atoms with Crippen LogP contribution in [-0.2, 0) is 35.1 Å². The van der Waals surface area contributed by atoms with Crippen LogP contribution in [0.3, 0.4) is 0 Å². The van der Waals surface area contributed by atoms with Crippen LogP contribution in [0.1, 0.15) is 90.8 Å². The molecule has 2 saturated heterocycles. The SMILES string of the molecule is CCC(C)C(C(CC(=O)N1CCCC1C(OC)C(C)C(=O)NC(Cc1ccccc1)c1nccs1)OC)N(C)C(=O)C(NC(=O)C(C(C)C)N(C)CCN1CCNCC1)C(C)C. The molecule has 9 unspecified atom stereocenters. The van der Waals surface area contributed by atoms with E-state index in [2.05, 4.69) is 44.6 Å². The van der Waals surface area contributed by atoms with Gasteiger partial charge in [0.2, 0.25) is 23.6 Å². The molecule has 4 amide bonds. The van der Waals surface area contributed by atoms with Crippen molar-refractivity contribution < 1.29 is 28.7 Å². The van der Waals surface area contributed by atoms with Crippen molar-refractivity contribution in [2.45, 2.75) is 123 Å². The van der Waals surface area contributed by atoms with Gasteiger partial charge >= 0.3 is 0 Å². The molecule has 0 aliphatic carbocycles.